The van der Waals surface area contributed by atoms with Crippen LogP contribution in [-0.4, -0.2) is 30.1 Å². The molecule has 0 saturated carbocycles. The van der Waals surface area contributed by atoms with Gasteiger partial charge in [0.25, 0.3) is 0 Å². The Morgan fingerprint density at radius 2 is 1.85 bits per heavy atom. The Bertz CT molecular complexity index is 921. The second-order valence-corrected chi connectivity index (χ2v) is 6.82. The third-order valence-electron chi connectivity index (χ3n) is 5.32. The van der Waals surface area contributed by atoms with Gasteiger partial charge in [0.15, 0.2) is 23.0 Å². The summed E-state index contributed by atoms with van der Waals surface area (Å²) in [4.78, 5) is 12.1. The number of hydrogen-bond acceptors (Lipinski definition) is 7. The van der Waals surface area contributed by atoms with Crippen molar-refractivity contribution in [1.29, 1.82) is 0 Å². The number of cyclic esters (lactones) is 1. The van der Waals surface area contributed by atoms with Crippen LogP contribution in [0.3, 0.4) is 0 Å². The van der Waals surface area contributed by atoms with Gasteiger partial charge in [0.2, 0.25) is 12.5 Å². The van der Waals surface area contributed by atoms with Gasteiger partial charge >= 0.3 is 5.97 Å². The van der Waals surface area contributed by atoms with Crippen LogP contribution in [0.15, 0.2) is 24.3 Å². The van der Waals surface area contributed by atoms with Crippen LogP contribution in [0, 0.1) is 11.8 Å². The molecule has 2 aliphatic rings. The van der Waals surface area contributed by atoms with E-state index in [0.29, 0.717) is 28.2 Å². The molecule has 2 heterocycles. The van der Waals surface area contributed by atoms with Crippen molar-refractivity contribution in [3.8, 4) is 39.9 Å². The van der Waals surface area contributed by atoms with Gasteiger partial charge in [-0.25, -0.2) is 0 Å². The minimum Gasteiger partial charge on any atom is -0.504 e. The molecule has 27 heavy (non-hydrogen) atoms. The first-order chi connectivity index (χ1) is 12.9. The molecule has 3 atom stereocenters. The lowest BCUT2D eigenvalue weighted by Crippen LogP contribution is -2.10. The summed E-state index contributed by atoms with van der Waals surface area (Å²) in [7, 11) is 1.36. The zero-order valence-corrected chi connectivity index (χ0v) is 15.2. The zero-order valence-electron chi connectivity index (χ0n) is 15.2. The predicted molar refractivity (Wildman–Crippen MR) is 95.0 cm³/mol. The van der Waals surface area contributed by atoms with Crippen LogP contribution in [0.2, 0.25) is 0 Å². The Morgan fingerprint density at radius 3 is 2.52 bits per heavy atom. The van der Waals surface area contributed by atoms with Crippen molar-refractivity contribution in [3.05, 3.63) is 29.8 Å². The molecule has 0 bridgehead atoms. The maximum atomic E-state index is 12.1. The fraction of sp³-hybridized carbons (Fsp3) is 0.350. The van der Waals surface area contributed by atoms with Crippen molar-refractivity contribution in [1.82, 2.24) is 0 Å². The van der Waals surface area contributed by atoms with Crippen LogP contribution < -0.4 is 14.2 Å². The summed E-state index contributed by atoms with van der Waals surface area (Å²) in [5.41, 5.74) is 1.56. The molecule has 2 aromatic carbocycles. The molecular weight excluding hydrogens is 352 g/mol. The summed E-state index contributed by atoms with van der Waals surface area (Å²) < 4.78 is 21.5. The fourth-order valence-electron chi connectivity index (χ4n) is 3.60. The molecule has 0 aliphatic carbocycles. The van der Waals surface area contributed by atoms with Gasteiger partial charge in [-0.3, -0.25) is 4.79 Å². The molecule has 2 N–H and O–H groups in total. The summed E-state index contributed by atoms with van der Waals surface area (Å²) in [6, 6.07) is 6.73. The summed E-state index contributed by atoms with van der Waals surface area (Å²) in [6.07, 6.45) is -0.601. The van der Waals surface area contributed by atoms with Gasteiger partial charge in [-0.05, 0) is 23.8 Å². The van der Waals surface area contributed by atoms with Crippen molar-refractivity contribution in [2.75, 3.05) is 13.9 Å². The van der Waals surface area contributed by atoms with Crippen LogP contribution in [0.4, 0.5) is 0 Å². The first-order valence-corrected chi connectivity index (χ1v) is 8.65. The van der Waals surface area contributed by atoms with E-state index >= 15 is 0 Å². The molecule has 0 unspecified atom stereocenters. The van der Waals surface area contributed by atoms with Crippen molar-refractivity contribution in [2.24, 2.45) is 11.8 Å². The van der Waals surface area contributed by atoms with Crippen molar-refractivity contribution >= 4 is 5.97 Å². The van der Waals surface area contributed by atoms with Crippen molar-refractivity contribution in [2.45, 2.75) is 20.0 Å². The molecule has 2 aromatic rings. The van der Waals surface area contributed by atoms with E-state index in [1.54, 1.807) is 25.1 Å². The Hall–Kier alpha value is -3.09. The van der Waals surface area contributed by atoms with Crippen LogP contribution in [0.1, 0.15) is 25.5 Å². The lowest BCUT2D eigenvalue weighted by atomic mass is 9.85. The van der Waals surface area contributed by atoms with Gasteiger partial charge in [-0.15, -0.1) is 0 Å². The third kappa shape index (κ3) is 2.61. The van der Waals surface area contributed by atoms with Crippen LogP contribution in [0.5, 0.6) is 28.7 Å². The molecule has 4 rings (SSSR count). The van der Waals surface area contributed by atoms with E-state index < -0.39 is 6.10 Å². The van der Waals surface area contributed by atoms with E-state index in [0.717, 1.165) is 0 Å². The number of benzene rings is 2. The van der Waals surface area contributed by atoms with Gasteiger partial charge in [-0.1, -0.05) is 19.9 Å². The highest BCUT2D eigenvalue weighted by Crippen LogP contribution is 2.52. The van der Waals surface area contributed by atoms with Crippen LogP contribution in [-0.2, 0) is 9.53 Å². The number of carbonyl (C=O) groups is 1. The lowest BCUT2D eigenvalue weighted by molar-refractivity contribution is -0.144. The molecule has 0 aromatic heterocycles. The largest absolute Gasteiger partial charge is 0.504 e. The number of rotatable bonds is 3. The molecule has 0 radical (unpaired) electrons. The fourth-order valence-corrected chi connectivity index (χ4v) is 3.60. The normalized spacial score (nSPS) is 23.4. The summed E-state index contributed by atoms with van der Waals surface area (Å²) in [5.74, 6) is -0.0557. The molecule has 1 saturated heterocycles. The lowest BCUT2D eigenvalue weighted by Gasteiger charge is -2.22. The first kappa shape index (κ1) is 17.3. The van der Waals surface area contributed by atoms with Gasteiger partial charge in [0, 0.05) is 17.0 Å². The Kier molecular flexibility index (Phi) is 4.02. The van der Waals surface area contributed by atoms with Gasteiger partial charge in [0.1, 0.15) is 6.10 Å². The van der Waals surface area contributed by atoms with Crippen LogP contribution >= 0.6 is 0 Å². The molecule has 0 amide bonds. The second-order valence-electron chi connectivity index (χ2n) is 6.82. The predicted octanol–water partition coefficient (Wildman–Crippen LogP) is 3.37. The number of carbonyl (C=O) groups excluding carboxylic acids is 1. The van der Waals surface area contributed by atoms with E-state index in [-0.39, 0.29) is 41.8 Å². The summed E-state index contributed by atoms with van der Waals surface area (Å²) >= 11 is 0. The number of phenols is 2. The molecule has 7 heteroatoms. The SMILES string of the molecule is COc1c(O)cc([C@@H]2OC(=O)[C@@H](C)[C@H]2C)c(-c2ccc3c(c2)OCO3)c1O. The summed E-state index contributed by atoms with van der Waals surface area (Å²) in [6.45, 7) is 3.84. The zero-order chi connectivity index (χ0) is 19.3. The summed E-state index contributed by atoms with van der Waals surface area (Å²) in [5, 5.41) is 21.1. The van der Waals surface area contributed by atoms with Gasteiger partial charge in [-0.2, -0.15) is 0 Å². The number of hydrogen-bond donors (Lipinski definition) is 2. The van der Waals surface area contributed by atoms with E-state index in [1.165, 1.54) is 13.2 Å². The number of aromatic hydroxyl groups is 2. The maximum Gasteiger partial charge on any atom is 0.309 e. The Morgan fingerprint density at radius 1 is 1.11 bits per heavy atom. The third-order valence-corrected chi connectivity index (χ3v) is 5.32. The minimum atomic E-state index is -0.601. The molecule has 1 fully saturated rings. The van der Waals surface area contributed by atoms with Gasteiger partial charge in [0.05, 0.1) is 13.0 Å². The first-order valence-electron chi connectivity index (χ1n) is 8.65. The molecule has 2 aliphatic heterocycles. The van der Waals surface area contributed by atoms with Crippen molar-refractivity contribution < 1.29 is 34.0 Å². The highest BCUT2D eigenvalue weighted by Gasteiger charge is 2.42. The smallest absolute Gasteiger partial charge is 0.309 e. The molecular formula is C20H20O7. The topological polar surface area (TPSA) is 94.5 Å². The standard InChI is InChI=1S/C20H20O7/c1-9-10(2)20(23)27-18(9)12-7-13(21)19(24-3)17(22)16(12)11-4-5-14-15(6-11)26-8-25-14/h4-7,9-10,18,21-22H,8H2,1-3H3/t9-,10+,18-/m1/s1. The monoisotopic (exact) mass is 372 g/mol. The van der Waals surface area contributed by atoms with Crippen molar-refractivity contribution in [3.63, 3.8) is 0 Å². The quantitative estimate of drug-likeness (QED) is 0.798. The van der Waals surface area contributed by atoms with E-state index in [4.69, 9.17) is 18.9 Å². The number of methoxy groups -OCH3 is 1. The molecule has 0 spiro atoms. The second kappa shape index (κ2) is 6.26. The number of ether oxygens (including phenoxy) is 4. The van der Waals surface area contributed by atoms with E-state index in [1.807, 2.05) is 6.92 Å². The van der Waals surface area contributed by atoms with Crippen LogP contribution in [0.25, 0.3) is 11.1 Å². The maximum absolute atomic E-state index is 12.1. The number of esters is 1. The number of fused-ring (bicyclic) bond motifs is 1. The van der Waals surface area contributed by atoms with E-state index in [9.17, 15) is 15.0 Å². The Labute approximate surface area is 156 Å². The van der Waals surface area contributed by atoms with Gasteiger partial charge < -0.3 is 29.2 Å². The minimum absolute atomic E-state index is 0.0450. The van der Waals surface area contributed by atoms with E-state index in [2.05, 4.69) is 0 Å². The molecule has 142 valence electrons. The highest BCUT2D eigenvalue weighted by molar-refractivity contribution is 5.82. The molecule has 7 nitrogen and oxygen atoms in total. The number of phenolic OH excluding ortho intramolecular Hbond substituents is 2. The highest BCUT2D eigenvalue weighted by atomic mass is 16.7. The average molecular weight is 372 g/mol. The average Bonchev–Trinajstić information content (AvgIpc) is 3.21. The Balaban J connectivity index is 1.92.